The van der Waals surface area contributed by atoms with E-state index in [-0.39, 0.29) is 30.2 Å². The van der Waals surface area contributed by atoms with Gasteiger partial charge in [0, 0.05) is 18.3 Å². The molecule has 132 valence electrons. The Balaban J connectivity index is 1.85. The monoisotopic (exact) mass is 347 g/mol. The maximum atomic E-state index is 13.5. The van der Waals surface area contributed by atoms with Crippen molar-refractivity contribution in [3.8, 4) is 5.75 Å². The molecule has 0 bridgehead atoms. The second-order valence-electron chi connectivity index (χ2n) is 5.73. The van der Waals surface area contributed by atoms with Gasteiger partial charge in [-0.15, -0.1) is 0 Å². The van der Waals surface area contributed by atoms with Gasteiger partial charge in [0.25, 0.3) is 11.5 Å². The molecule has 1 aromatic carbocycles. The zero-order chi connectivity index (χ0) is 18.0. The number of hydrogen-bond acceptors (Lipinski definition) is 5. The number of aromatic nitrogens is 2. The number of carbonyl (C=O) groups is 1. The summed E-state index contributed by atoms with van der Waals surface area (Å²) in [6, 6.07) is 5.19. The van der Waals surface area contributed by atoms with E-state index in [1.54, 1.807) is 6.92 Å². The average Bonchev–Trinajstić information content (AvgIpc) is 2.60. The highest BCUT2D eigenvalue weighted by atomic mass is 19.1. The molecule has 1 aliphatic heterocycles. The summed E-state index contributed by atoms with van der Waals surface area (Å²) in [6.45, 7) is 2.55. The lowest BCUT2D eigenvalue weighted by atomic mass is 10.1. The molecule has 0 aliphatic carbocycles. The summed E-state index contributed by atoms with van der Waals surface area (Å²) in [4.78, 5) is 32.8. The van der Waals surface area contributed by atoms with Gasteiger partial charge in [-0.1, -0.05) is 0 Å². The predicted molar refractivity (Wildman–Crippen MR) is 87.1 cm³/mol. The number of carbonyl (C=O) groups excluding carboxylic acids is 1. The molecule has 8 heteroatoms. The number of methoxy groups -OCH3 is 1. The van der Waals surface area contributed by atoms with Crippen LogP contribution < -0.4 is 10.3 Å². The molecule has 1 aliphatic rings. The first-order valence-electron chi connectivity index (χ1n) is 7.80. The van der Waals surface area contributed by atoms with Crippen molar-refractivity contribution >= 4 is 5.91 Å². The normalized spacial score (nSPS) is 17.4. The number of amides is 1. The van der Waals surface area contributed by atoms with Crippen molar-refractivity contribution < 1.29 is 18.7 Å². The Morgan fingerprint density at radius 1 is 1.44 bits per heavy atom. The van der Waals surface area contributed by atoms with Crippen LogP contribution in [0.1, 0.15) is 28.0 Å². The molecule has 1 unspecified atom stereocenters. The van der Waals surface area contributed by atoms with Crippen LogP contribution in [-0.2, 0) is 4.74 Å². The van der Waals surface area contributed by atoms with Gasteiger partial charge in [-0.05, 0) is 25.1 Å². The van der Waals surface area contributed by atoms with Gasteiger partial charge in [0.15, 0.2) is 0 Å². The zero-order valence-corrected chi connectivity index (χ0v) is 13.9. The summed E-state index contributed by atoms with van der Waals surface area (Å²) in [6.07, 6.45) is -0.551. The number of rotatable bonds is 3. The van der Waals surface area contributed by atoms with Crippen molar-refractivity contribution in [1.82, 2.24) is 14.9 Å². The van der Waals surface area contributed by atoms with Crippen LogP contribution in [0.3, 0.4) is 0 Å². The number of ether oxygens (including phenoxy) is 2. The molecule has 1 amide bonds. The van der Waals surface area contributed by atoms with Crippen LogP contribution in [0.5, 0.6) is 5.75 Å². The largest absolute Gasteiger partial charge is 0.496 e. The fraction of sp³-hybridized carbons (Fsp3) is 0.353. The third-order valence-corrected chi connectivity index (χ3v) is 3.94. The Hall–Kier alpha value is -2.74. The summed E-state index contributed by atoms with van der Waals surface area (Å²) in [5.74, 6) is -0.205. The maximum absolute atomic E-state index is 13.5. The molecule has 1 fully saturated rings. The van der Waals surface area contributed by atoms with E-state index in [0.717, 1.165) is 6.07 Å². The Morgan fingerprint density at radius 3 is 2.96 bits per heavy atom. The number of aryl methyl sites for hydroxylation is 1. The van der Waals surface area contributed by atoms with Gasteiger partial charge in [-0.3, -0.25) is 9.59 Å². The predicted octanol–water partition coefficient (Wildman–Crippen LogP) is 1.44. The minimum atomic E-state index is -0.551. The second-order valence-corrected chi connectivity index (χ2v) is 5.73. The third-order valence-electron chi connectivity index (χ3n) is 3.94. The zero-order valence-electron chi connectivity index (χ0n) is 13.9. The quantitative estimate of drug-likeness (QED) is 0.908. The van der Waals surface area contributed by atoms with Crippen molar-refractivity contribution in [3.63, 3.8) is 0 Å². The number of nitrogens with one attached hydrogen (secondary N) is 1. The third kappa shape index (κ3) is 3.69. The summed E-state index contributed by atoms with van der Waals surface area (Å²) in [5, 5.41) is 0. The number of morpholine rings is 1. The van der Waals surface area contributed by atoms with Crippen LogP contribution in [0.2, 0.25) is 0 Å². The van der Waals surface area contributed by atoms with Gasteiger partial charge >= 0.3 is 0 Å². The molecule has 0 spiro atoms. The lowest BCUT2D eigenvalue weighted by Gasteiger charge is -2.32. The van der Waals surface area contributed by atoms with E-state index in [1.165, 1.54) is 30.2 Å². The SMILES string of the molecule is COc1ccc(F)cc1C(=O)N1CCOC(c2nc(C)cc(=O)[nH]2)C1. The maximum Gasteiger partial charge on any atom is 0.257 e. The number of nitrogens with zero attached hydrogens (tertiary/aromatic N) is 2. The van der Waals surface area contributed by atoms with E-state index in [4.69, 9.17) is 9.47 Å². The number of benzene rings is 1. The molecule has 7 nitrogen and oxygen atoms in total. The number of halogens is 1. The van der Waals surface area contributed by atoms with E-state index in [9.17, 15) is 14.0 Å². The highest BCUT2D eigenvalue weighted by molar-refractivity contribution is 5.97. The Morgan fingerprint density at radius 2 is 2.24 bits per heavy atom. The molecule has 0 radical (unpaired) electrons. The summed E-state index contributed by atoms with van der Waals surface area (Å²) in [5.41, 5.74) is 0.438. The van der Waals surface area contributed by atoms with E-state index >= 15 is 0 Å². The summed E-state index contributed by atoms with van der Waals surface area (Å²) < 4.78 is 24.3. The van der Waals surface area contributed by atoms with Crippen LogP contribution in [-0.4, -0.2) is 47.6 Å². The van der Waals surface area contributed by atoms with Crippen molar-refractivity contribution in [2.75, 3.05) is 26.8 Å². The van der Waals surface area contributed by atoms with Gasteiger partial charge in [0.2, 0.25) is 0 Å². The molecule has 3 rings (SSSR count). The number of H-pyrrole nitrogens is 1. The molecule has 1 atom stereocenters. The molecule has 1 N–H and O–H groups in total. The van der Waals surface area contributed by atoms with Crippen LogP contribution in [0.25, 0.3) is 0 Å². The highest BCUT2D eigenvalue weighted by Gasteiger charge is 2.29. The fourth-order valence-electron chi connectivity index (χ4n) is 2.77. The van der Waals surface area contributed by atoms with Crippen LogP contribution in [0.4, 0.5) is 4.39 Å². The van der Waals surface area contributed by atoms with Crippen molar-refractivity contribution in [2.24, 2.45) is 0 Å². The second kappa shape index (κ2) is 7.02. The van der Waals surface area contributed by atoms with Crippen molar-refractivity contribution in [2.45, 2.75) is 13.0 Å². The topological polar surface area (TPSA) is 84.5 Å². The summed E-state index contributed by atoms with van der Waals surface area (Å²) in [7, 11) is 1.42. The molecule has 2 aromatic rings. The first-order chi connectivity index (χ1) is 12.0. The van der Waals surface area contributed by atoms with Crippen LogP contribution in [0.15, 0.2) is 29.1 Å². The highest BCUT2D eigenvalue weighted by Crippen LogP contribution is 2.25. The van der Waals surface area contributed by atoms with Gasteiger partial charge in [0.1, 0.15) is 23.5 Å². The Labute approximate surface area is 143 Å². The minimum Gasteiger partial charge on any atom is -0.496 e. The average molecular weight is 347 g/mol. The molecule has 0 saturated carbocycles. The van der Waals surface area contributed by atoms with E-state index in [1.807, 2.05) is 0 Å². The van der Waals surface area contributed by atoms with Crippen molar-refractivity contribution in [3.05, 3.63) is 57.5 Å². The fourth-order valence-corrected chi connectivity index (χ4v) is 2.77. The number of aromatic amines is 1. The van der Waals surface area contributed by atoms with Gasteiger partial charge in [0.05, 0.1) is 25.8 Å². The van der Waals surface area contributed by atoms with Crippen LogP contribution in [0, 0.1) is 12.7 Å². The molecule has 1 saturated heterocycles. The first-order valence-corrected chi connectivity index (χ1v) is 7.80. The van der Waals surface area contributed by atoms with E-state index in [2.05, 4.69) is 9.97 Å². The molecule has 1 aromatic heterocycles. The molecular formula is C17H18FN3O4. The minimum absolute atomic E-state index is 0.147. The lowest BCUT2D eigenvalue weighted by molar-refractivity contribution is -0.0270. The van der Waals surface area contributed by atoms with Gasteiger partial charge in [-0.2, -0.15) is 0 Å². The lowest BCUT2D eigenvalue weighted by Crippen LogP contribution is -2.43. The van der Waals surface area contributed by atoms with Gasteiger partial charge in [-0.25, -0.2) is 9.37 Å². The standard InChI is InChI=1S/C17H18FN3O4/c1-10-7-15(22)20-16(19-10)14-9-21(5-6-25-14)17(23)12-8-11(18)3-4-13(12)24-2/h3-4,7-8,14H,5-6,9H2,1-2H3,(H,19,20,22). The van der Waals surface area contributed by atoms with Crippen molar-refractivity contribution in [1.29, 1.82) is 0 Å². The van der Waals surface area contributed by atoms with E-state index < -0.39 is 11.9 Å². The molecular weight excluding hydrogens is 329 g/mol. The Bertz CT molecular complexity index is 852. The van der Waals surface area contributed by atoms with Crippen LogP contribution >= 0.6 is 0 Å². The van der Waals surface area contributed by atoms with Gasteiger partial charge < -0.3 is 19.4 Å². The first kappa shape index (κ1) is 17.1. The van der Waals surface area contributed by atoms with E-state index in [0.29, 0.717) is 23.8 Å². The number of hydrogen-bond donors (Lipinski definition) is 1. The molecule has 2 heterocycles. The Kier molecular flexibility index (Phi) is 4.80. The molecule has 25 heavy (non-hydrogen) atoms. The smallest absolute Gasteiger partial charge is 0.257 e. The summed E-state index contributed by atoms with van der Waals surface area (Å²) >= 11 is 0.